The molecule has 94 valence electrons. The van der Waals surface area contributed by atoms with Crippen LogP contribution in [0.15, 0.2) is 0 Å². The van der Waals surface area contributed by atoms with Crippen molar-refractivity contribution in [3.8, 4) is 0 Å². The summed E-state index contributed by atoms with van der Waals surface area (Å²) in [6, 6.07) is 0.583. The average molecular weight is 228 g/mol. The molecule has 2 atom stereocenters. The summed E-state index contributed by atoms with van der Waals surface area (Å²) in [5.74, 6) is 0.620. The van der Waals surface area contributed by atoms with Crippen molar-refractivity contribution < 1.29 is 9.47 Å². The maximum Gasteiger partial charge on any atom is 0.0613 e. The number of nitrogens with one attached hydrogen (secondary N) is 1. The van der Waals surface area contributed by atoms with Gasteiger partial charge >= 0.3 is 0 Å². The number of ether oxygens (including phenoxy) is 2. The van der Waals surface area contributed by atoms with E-state index in [0.717, 1.165) is 45.8 Å². The Morgan fingerprint density at radius 2 is 1.94 bits per heavy atom. The van der Waals surface area contributed by atoms with Gasteiger partial charge in [-0.25, -0.2) is 5.01 Å². The van der Waals surface area contributed by atoms with Gasteiger partial charge in [0.15, 0.2) is 0 Å². The molecule has 2 heterocycles. The Labute approximate surface area is 98.2 Å². The fourth-order valence-electron chi connectivity index (χ4n) is 2.36. The monoisotopic (exact) mass is 228 g/mol. The highest BCUT2D eigenvalue weighted by molar-refractivity contribution is 4.78. The molecule has 4 heteroatoms. The van der Waals surface area contributed by atoms with Gasteiger partial charge in [-0.2, -0.15) is 0 Å². The Morgan fingerprint density at radius 1 is 1.19 bits per heavy atom. The molecule has 2 rings (SSSR count). The summed E-state index contributed by atoms with van der Waals surface area (Å²) in [7, 11) is 0. The lowest BCUT2D eigenvalue weighted by molar-refractivity contribution is -0.0515. The largest absolute Gasteiger partial charge is 0.379 e. The topological polar surface area (TPSA) is 33.7 Å². The number of hydrogen-bond acceptors (Lipinski definition) is 4. The Morgan fingerprint density at radius 3 is 2.62 bits per heavy atom. The third kappa shape index (κ3) is 3.42. The van der Waals surface area contributed by atoms with Crippen LogP contribution in [0.5, 0.6) is 0 Å². The molecule has 2 saturated heterocycles. The predicted molar refractivity (Wildman–Crippen MR) is 63.1 cm³/mol. The zero-order valence-electron chi connectivity index (χ0n) is 10.4. The lowest BCUT2D eigenvalue weighted by atomic mass is 9.96. The highest BCUT2D eigenvalue weighted by Gasteiger charge is 2.26. The molecule has 2 aliphatic rings. The summed E-state index contributed by atoms with van der Waals surface area (Å²) in [6.07, 6.45) is 2.68. The lowest BCUT2D eigenvalue weighted by Gasteiger charge is -2.37. The molecule has 0 aromatic carbocycles. The summed E-state index contributed by atoms with van der Waals surface area (Å²) < 4.78 is 11.1. The van der Waals surface area contributed by atoms with Crippen LogP contribution in [0.4, 0.5) is 0 Å². The van der Waals surface area contributed by atoms with E-state index >= 15 is 0 Å². The third-order valence-corrected chi connectivity index (χ3v) is 3.43. The van der Waals surface area contributed by atoms with Crippen molar-refractivity contribution in [2.75, 3.05) is 32.9 Å². The smallest absolute Gasteiger partial charge is 0.0613 e. The van der Waals surface area contributed by atoms with E-state index < -0.39 is 0 Å². The van der Waals surface area contributed by atoms with Gasteiger partial charge in [-0.15, -0.1) is 0 Å². The molecule has 0 aromatic rings. The molecule has 0 aromatic heterocycles. The zero-order chi connectivity index (χ0) is 11.4. The van der Waals surface area contributed by atoms with Gasteiger partial charge in [-0.3, -0.25) is 5.43 Å². The van der Waals surface area contributed by atoms with E-state index in [1.165, 1.54) is 0 Å². The molecule has 0 spiro atoms. The molecule has 0 saturated carbocycles. The van der Waals surface area contributed by atoms with E-state index in [1.807, 2.05) is 0 Å². The molecule has 1 N–H and O–H groups in total. The molecule has 4 nitrogen and oxygen atoms in total. The second-order valence-corrected chi connectivity index (χ2v) is 5.10. The lowest BCUT2D eigenvalue weighted by Crippen LogP contribution is -2.52. The summed E-state index contributed by atoms with van der Waals surface area (Å²) in [5, 5.41) is 2.30. The van der Waals surface area contributed by atoms with Crippen LogP contribution in [0.2, 0.25) is 0 Å². The molecule has 0 radical (unpaired) electrons. The first-order chi connectivity index (χ1) is 7.75. The normalized spacial score (nSPS) is 33.2. The van der Waals surface area contributed by atoms with Gasteiger partial charge < -0.3 is 9.47 Å². The van der Waals surface area contributed by atoms with Crippen molar-refractivity contribution in [1.82, 2.24) is 10.4 Å². The molecule has 0 bridgehead atoms. The maximum atomic E-state index is 5.78. The van der Waals surface area contributed by atoms with Crippen LogP contribution in [0.25, 0.3) is 0 Å². The van der Waals surface area contributed by atoms with Crippen molar-refractivity contribution in [1.29, 1.82) is 0 Å². The number of rotatable bonds is 3. The van der Waals surface area contributed by atoms with E-state index in [9.17, 15) is 0 Å². The van der Waals surface area contributed by atoms with E-state index in [4.69, 9.17) is 9.47 Å². The SMILES string of the molecule is CC(C)C1CC(NN2CCOCC2)CCO1. The first kappa shape index (κ1) is 12.3. The van der Waals surface area contributed by atoms with Crippen LogP contribution in [0.1, 0.15) is 26.7 Å². The van der Waals surface area contributed by atoms with Crippen LogP contribution in [0.3, 0.4) is 0 Å². The van der Waals surface area contributed by atoms with Crippen molar-refractivity contribution >= 4 is 0 Å². The van der Waals surface area contributed by atoms with E-state index in [-0.39, 0.29) is 0 Å². The molecular formula is C12H24N2O2. The van der Waals surface area contributed by atoms with Gasteiger partial charge in [-0.1, -0.05) is 13.8 Å². The van der Waals surface area contributed by atoms with Crippen molar-refractivity contribution in [3.63, 3.8) is 0 Å². The van der Waals surface area contributed by atoms with Gasteiger partial charge in [0.1, 0.15) is 0 Å². The Kier molecular flexibility index (Phi) is 4.58. The molecule has 0 aliphatic carbocycles. The minimum atomic E-state index is 0.423. The number of hydrazine groups is 1. The molecule has 2 fully saturated rings. The maximum absolute atomic E-state index is 5.78. The van der Waals surface area contributed by atoms with Crippen LogP contribution in [-0.2, 0) is 9.47 Å². The van der Waals surface area contributed by atoms with Crippen molar-refractivity contribution in [3.05, 3.63) is 0 Å². The first-order valence-corrected chi connectivity index (χ1v) is 6.46. The van der Waals surface area contributed by atoms with Gasteiger partial charge in [0.05, 0.1) is 19.3 Å². The standard InChI is InChI=1S/C12H24N2O2/c1-10(2)12-9-11(3-6-16-12)13-14-4-7-15-8-5-14/h10-13H,3-9H2,1-2H3. The molecular weight excluding hydrogens is 204 g/mol. The third-order valence-electron chi connectivity index (χ3n) is 3.43. The molecule has 2 unspecified atom stereocenters. The van der Waals surface area contributed by atoms with Crippen LogP contribution < -0.4 is 5.43 Å². The Balaban J connectivity index is 1.75. The fraction of sp³-hybridized carbons (Fsp3) is 1.00. The minimum absolute atomic E-state index is 0.423. The molecule has 16 heavy (non-hydrogen) atoms. The van der Waals surface area contributed by atoms with Gasteiger partial charge in [0, 0.05) is 25.7 Å². The number of nitrogens with zero attached hydrogens (tertiary/aromatic N) is 1. The second kappa shape index (κ2) is 5.96. The van der Waals surface area contributed by atoms with Crippen molar-refractivity contribution in [2.45, 2.75) is 38.8 Å². The average Bonchev–Trinajstić information content (AvgIpc) is 2.30. The van der Waals surface area contributed by atoms with Crippen molar-refractivity contribution in [2.24, 2.45) is 5.92 Å². The highest BCUT2D eigenvalue weighted by atomic mass is 16.5. The summed E-state index contributed by atoms with van der Waals surface area (Å²) in [6.45, 7) is 9.08. The van der Waals surface area contributed by atoms with E-state index in [1.54, 1.807) is 0 Å². The van der Waals surface area contributed by atoms with Crippen LogP contribution >= 0.6 is 0 Å². The summed E-state index contributed by atoms with van der Waals surface area (Å²) in [4.78, 5) is 0. The molecule has 0 amide bonds. The Bertz CT molecular complexity index is 205. The summed E-state index contributed by atoms with van der Waals surface area (Å²) >= 11 is 0. The first-order valence-electron chi connectivity index (χ1n) is 6.46. The minimum Gasteiger partial charge on any atom is -0.379 e. The van der Waals surface area contributed by atoms with Crippen LogP contribution in [-0.4, -0.2) is 50.1 Å². The van der Waals surface area contributed by atoms with Crippen LogP contribution in [0, 0.1) is 5.92 Å². The number of morpholine rings is 1. The predicted octanol–water partition coefficient (Wildman–Crippen LogP) is 1.03. The van der Waals surface area contributed by atoms with Gasteiger partial charge in [0.25, 0.3) is 0 Å². The number of hydrogen-bond donors (Lipinski definition) is 1. The second-order valence-electron chi connectivity index (χ2n) is 5.10. The quantitative estimate of drug-likeness (QED) is 0.782. The Hall–Kier alpha value is -0.160. The van der Waals surface area contributed by atoms with Gasteiger partial charge in [0.2, 0.25) is 0 Å². The summed E-state index contributed by atoms with van der Waals surface area (Å²) in [5.41, 5.74) is 3.62. The van der Waals surface area contributed by atoms with E-state index in [2.05, 4.69) is 24.3 Å². The fourth-order valence-corrected chi connectivity index (χ4v) is 2.36. The zero-order valence-corrected chi connectivity index (χ0v) is 10.4. The highest BCUT2D eigenvalue weighted by Crippen LogP contribution is 2.20. The molecule has 2 aliphatic heterocycles. The van der Waals surface area contributed by atoms with Gasteiger partial charge in [-0.05, 0) is 18.8 Å². The van der Waals surface area contributed by atoms with E-state index in [0.29, 0.717) is 18.1 Å².